The molecule has 1 N–H and O–H groups in total. The number of carbonyl (C=O) groups is 3. The average molecular weight is 329 g/mol. The first-order valence-electron chi connectivity index (χ1n) is 9.23. The third kappa shape index (κ3) is 2.01. The molecule has 0 aromatic carbocycles. The Morgan fingerprint density at radius 3 is 2.17 bits per heavy atom. The summed E-state index contributed by atoms with van der Waals surface area (Å²) in [4.78, 5) is 39.9. The summed E-state index contributed by atoms with van der Waals surface area (Å²) >= 11 is 0. The Balaban J connectivity index is 1.29. The van der Waals surface area contributed by atoms with Gasteiger partial charge in [-0.1, -0.05) is 18.6 Å². The standard InChI is InChI=1S/C18H23N3O3/c22-14(9-20-6-2-1-3-7-20)19-21-17(23)15-10-4-5-11(13-8-12(10)13)16(15)18(21)24/h4-5,10-13,15-16H,1-3,6-9H2,(H,19,22). The molecule has 3 amide bonds. The average Bonchev–Trinajstić information content (AvgIpc) is 3.37. The lowest BCUT2D eigenvalue weighted by atomic mass is 9.63. The number of allylic oxidation sites excluding steroid dienone is 2. The van der Waals surface area contributed by atoms with Crippen molar-refractivity contribution in [3.8, 4) is 0 Å². The minimum atomic E-state index is -0.247. The summed E-state index contributed by atoms with van der Waals surface area (Å²) in [7, 11) is 0. The molecule has 4 aliphatic carbocycles. The molecule has 2 bridgehead atoms. The van der Waals surface area contributed by atoms with Crippen LogP contribution in [0.1, 0.15) is 25.7 Å². The van der Waals surface area contributed by atoms with Crippen molar-refractivity contribution < 1.29 is 14.4 Å². The van der Waals surface area contributed by atoms with E-state index < -0.39 is 0 Å². The second-order valence-corrected chi connectivity index (χ2v) is 8.04. The monoisotopic (exact) mass is 329 g/mol. The number of imide groups is 1. The van der Waals surface area contributed by atoms with E-state index in [1.54, 1.807) is 0 Å². The lowest BCUT2D eigenvalue weighted by Gasteiger charge is -2.37. The van der Waals surface area contributed by atoms with Gasteiger partial charge in [0.15, 0.2) is 0 Å². The van der Waals surface area contributed by atoms with Gasteiger partial charge in [-0.25, -0.2) is 0 Å². The largest absolute Gasteiger partial charge is 0.294 e. The van der Waals surface area contributed by atoms with Crippen LogP contribution in [0.5, 0.6) is 0 Å². The van der Waals surface area contributed by atoms with E-state index in [9.17, 15) is 14.4 Å². The summed E-state index contributed by atoms with van der Waals surface area (Å²) in [5.74, 6) is 0.448. The van der Waals surface area contributed by atoms with Crippen LogP contribution in [0.25, 0.3) is 0 Å². The van der Waals surface area contributed by atoms with Crippen molar-refractivity contribution in [1.82, 2.24) is 15.3 Å². The second kappa shape index (κ2) is 5.15. The predicted molar refractivity (Wildman–Crippen MR) is 85.0 cm³/mol. The molecule has 6 unspecified atom stereocenters. The number of hydrogen-bond donors (Lipinski definition) is 1. The van der Waals surface area contributed by atoms with Crippen LogP contribution in [0.4, 0.5) is 0 Å². The third-order valence-corrected chi connectivity index (χ3v) is 6.72. The van der Waals surface area contributed by atoms with E-state index in [-0.39, 0.29) is 47.9 Å². The van der Waals surface area contributed by atoms with Crippen molar-refractivity contribution in [2.24, 2.45) is 35.5 Å². The van der Waals surface area contributed by atoms with Gasteiger partial charge in [0, 0.05) is 0 Å². The highest BCUT2D eigenvalue weighted by molar-refractivity contribution is 6.07. The molecule has 0 spiro atoms. The molecule has 6 rings (SSSR count). The predicted octanol–water partition coefficient (Wildman–Crippen LogP) is 0.557. The summed E-state index contributed by atoms with van der Waals surface area (Å²) in [5, 5.41) is 1.04. The number of nitrogens with one attached hydrogen (secondary N) is 1. The normalized spacial score (nSPS) is 42.9. The minimum absolute atomic E-state index is 0.193. The summed E-state index contributed by atoms with van der Waals surface area (Å²) < 4.78 is 0. The zero-order chi connectivity index (χ0) is 16.4. The fraction of sp³-hybridized carbons (Fsp3) is 0.722. The van der Waals surface area contributed by atoms with Crippen molar-refractivity contribution in [3.05, 3.63) is 12.2 Å². The van der Waals surface area contributed by atoms with Gasteiger partial charge in [0.2, 0.25) is 0 Å². The number of amides is 3. The van der Waals surface area contributed by atoms with Crippen molar-refractivity contribution >= 4 is 17.7 Å². The quantitative estimate of drug-likeness (QED) is 0.607. The van der Waals surface area contributed by atoms with Crippen LogP contribution in [0.2, 0.25) is 0 Å². The Bertz CT molecular complexity index is 603. The number of hydrazine groups is 1. The zero-order valence-electron chi connectivity index (χ0n) is 13.7. The molecule has 2 saturated heterocycles. The van der Waals surface area contributed by atoms with E-state index >= 15 is 0 Å². The zero-order valence-corrected chi connectivity index (χ0v) is 13.7. The maximum atomic E-state index is 12.8. The van der Waals surface area contributed by atoms with E-state index in [0.717, 1.165) is 37.4 Å². The summed E-state index contributed by atoms with van der Waals surface area (Å²) in [6.07, 6.45) is 8.86. The van der Waals surface area contributed by atoms with E-state index in [0.29, 0.717) is 11.8 Å². The van der Waals surface area contributed by atoms with E-state index in [4.69, 9.17) is 0 Å². The van der Waals surface area contributed by atoms with Crippen LogP contribution >= 0.6 is 0 Å². The van der Waals surface area contributed by atoms with E-state index in [1.807, 2.05) is 0 Å². The SMILES string of the molecule is O=C(CN1CCCCC1)NN1C(=O)C2C3C=CC(C4CC34)C2C1=O. The molecular formula is C18H23N3O3. The number of piperidine rings is 1. The van der Waals surface area contributed by atoms with Crippen LogP contribution in [-0.4, -0.2) is 47.3 Å². The molecule has 0 aromatic heterocycles. The molecule has 24 heavy (non-hydrogen) atoms. The molecule has 6 nitrogen and oxygen atoms in total. The molecule has 6 heteroatoms. The number of rotatable bonds is 3. The Morgan fingerprint density at radius 1 is 1.00 bits per heavy atom. The molecule has 2 saturated carbocycles. The van der Waals surface area contributed by atoms with Gasteiger partial charge in [-0.2, -0.15) is 5.01 Å². The number of nitrogens with zero attached hydrogens (tertiary/aromatic N) is 2. The van der Waals surface area contributed by atoms with Gasteiger partial charge >= 0.3 is 0 Å². The fourth-order valence-electron chi connectivity index (χ4n) is 5.55. The van der Waals surface area contributed by atoms with Crippen molar-refractivity contribution in [3.63, 3.8) is 0 Å². The number of likely N-dealkylation sites (tertiary alicyclic amines) is 1. The lowest BCUT2D eigenvalue weighted by Crippen LogP contribution is -2.50. The lowest BCUT2D eigenvalue weighted by molar-refractivity contribution is -0.149. The first-order chi connectivity index (χ1) is 11.6. The van der Waals surface area contributed by atoms with Crippen LogP contribution in [0.15, 0.2) is 12.2 Å². The third-order valence-electron chi connectivity index (χ3n) is 6.72. The number of carbonyl (C=O) groups excluding carboxylic acids is 3. The van der Waals surface area contributed by atoms with Crippen LogP contribution < -0.4 is 5.43 Å². The fourth-order valence-corrected chi connectivity index (χ4v) is 5.55. The van der Waals surface area contributed by atoms with E-state index in [1.165, 1.54) is 6.42 Å². The minimum Gasteiger partial charge on any atom is -0.294 e. The smallest absolute Gasteiger partial charge is 0.253 e. The molecule has 4 fully saturated rings. The van der Waals surface area contributed by atoms with Gasteiger partial charge in [0.05, 0.1) is 18.4 Å². The van der Waals surface area contributed by atoms with Gasteiger partial charge in [0.25, 0.3) is 17.7 Å². The molecule has 128 valence electrons. The maximum absolute atomic E-state index is 12.8. The second-order valence-electron chi connectivity index (χ2n) is 8.04. The molecular weight excluding hydrogens is 306 g/mol. The molecule has 6 aliphatic rings. The number of hydrogen-bond acceptors (Lipinski definition) is 4. The van der Waals surface area contributed by atoms with Crippen LogP contribution in [-0.2, 0) is 14.4 Å². The summed E-state index contributed by atoms with van der Waals surface area (Å²) in [5.41, 5.74) is 2.61. The molecule has 2 heterocycles. The van der Waals surface area contributed by atoms with Crippen molar-refractivity contribution in [2.45, 2.75) is 25.7 Å². The van der Waals surface area contributed by atoms with Crippen molar-refractivity contribution in [1.29, 1.82) is 0 Å². The Hall–Kier alpha value is -1.69. The van der Waals surface area contributed by atoms with Crippen molar-refractivity contribution in [2.75, 3.05) is 19.6 Å². The van der Waals surface area contributed by atoms with Crippen LogP contribution in [0, 0.1) is 35.5 Å². The Kier molecular flexibility index (Phi) is 3.14. The first kappa shape index (κ1) is 14.6. The van der Waals surface area contributed by atoms with Gasteiger partial charge in [-0.15, -0.1) is 0 Å². The Morgan fingerprint density at radius 2 is 1.58 bits per heavy atom. The summed E-state index contributed by atoms with van der Waals surface area (Å²) in [6.45, 7) is 2.10. The molecule has 0 aromatic rings. The van der Waals surface area contributed by atoms with Gasteiger partial charge in [0.1, 0.15) is 0 Å². The molecule has 0 radical (unpaired) electrons. The molecule has 6 atom stereocenters. The highest BCUT2D eigenvalue weighted by Gasteiger charge is 2.67. The highest BCUT2D eigenvalue weighted by atomic mass is 16.2. The topological polar surface area (TPSA) is 69.7 Å². The molecule has 2 aliphatic heterocycles. The van der Waals surface area contributed by atoms with Crippen LogP contribution in [0.3, 0.4) is 0 Å². The van der Waals surface area contributed by atoms with E-state index in [2.05, 4.69) is 22.5 Å². The first-order valence-corrected chi connectivity index (χ1v) is 9.23. The Labute approximate surface area is 141 Å². The van der Waals surface area contributed by atoms with Gasteiger partial charge in [-0.3, -0.25) is 24.7 Å². The summed E-state index contributed by atoms with van der Waals surface area (Å²) in [6, 6.07) is 0. The highest BCUT2D eigenvalue weighted by Crippen LogP contribution is 2.65. The maximum Gasteiger partial charge on any atom is 0.253 e. The van der Waals surface area contributed by atoms with Gasteiger partial charge in [-0.05, 0) is 56.0 Å². The van der Waals surface area contributed by atoms with Gasteiger partial charge < -0.3 is 0 Å².